The summed E-state index contributed by atoms with van der Waals surface area (Å²) in [4.78, 5) is 16.6. The van der Waals surface area contributed by atoms with Crippen LogP contribution in [0.5, 0.6) is 0 Å². The molecule has 6 heteroatoms. The summed E-state index contributed by atoms with van der Waals surface area (Å²) in [6.07, 6.45) is 9.28. The van der Waals surface area contributed by atoms with Gasteiger partial charge < -0.3 is 10.6 Å². The molecule has 0 radical (unpaired) electrons. The molecule has 0 saturated heterocycles. The second-order valence-corrected chi connectivity index (χ2v) is 6.68. The molecule has 128 valence electrons. The van der Waals surface area contributed by atoms with Crippen LogP contribution in [0, 0.1) is 0 Å². The van der Waals surface area contributed by atoms with Crippen LogP contribution in [-0.2, 0) is 0 Å². The Bertz CT molecular complexity index is 659. The SMILES string of the molecule is CC(C)n1cc(C(=O)NC2CCC(Nc3ccccn3)CC2)cn1. The largest absolute Gasteiger partial charge is 0.367 e. The standard InChI is InChI=1S/C18H25N5O/c1-13(2)23-12-14(11-20-23)18(24)22-16-8-6-15(7-9-16)21-17-5-3-4-10-19-17/h3-5,10-13,15-16H,6-9H2,1-2H3,(H,19,21)(H,22,24). The van der Waals surface area contributed by atoms with Gasteiger partial charge in [0, 0.05) is 30.5 Å². The molecule has 1 saturated carbocycles. The van der Waals surface area contributed by atoms with Gasteiger partial charge in [-0.3, -0.25) is 9.48 Å². The maximum absolute atomic E-state index is 12.3. The molecule has 0 aliphatic heterocycles. The van der Waals surface area contributed by atoms with Gasteiger partial charge >= 0.3 is 0 Å². The van der Waals surface area contributed by atoms with Crippen molar-refractivity contribution in [3.63, 3.8) is 0 Å². The van der Waals surface area contributed by atoms with E-state index in [4.69, 9.17) is 0 Å². The van der Waals surface area contributed by atoms with Crippen LogP contribution in [0.1, 0.15) is 55.9 Å². The molecule has 2 heterocycles. The number of pyridine rings is 1. The van der Waals surface area contributed by atoms with Crippen molar-refractivity contribution < 1.29 is 4.79 Å². The number of amides is 1. The summed E-state index contributed by atoms with van der Waals surface area (Å²) < 4.78 is 1.81. The summed E-state index contributed by atoms with van der Waals surface area (Å²) in [5.74, 6) is 0.897. The lowest BCUT2D eigenvalue weighted by atomic mass is 9.91. The van der Waals surface area contributed by atoms with Crippen molar-refractivity contribution in [2.75, 3.05) is 5.32 Å². The number of carbonyl (C=O) groups is 1. The zero-order chi connectivity index (χ0) is 16.9. The first-order valence-electron chi connectivity index (χ1n) is 8.64. The molecule has 24 heavy (non-hydrogen) atoms. The lowest BCUT2D eigenvalue weighted by Gasteiger charge is -2.29. The maximum atomic E-state index is 12.3. The summed E-state index contributed by atoms with van der Waals surface area (Å²) in [6, 6.07) is 6.82. The van der Waals surface area contributed by atoms with E-state index in [-0.39, 0.29) is 18.0 Å². The number of carbonyl (C=O) groups excluding carboxylic acids is 1. The third-order valence-electron chi connectivity index (χ3n) is 4.47. The Hall–Kier alpha value is -2.37. The zero-order valence-corrected chi connectivity index (χ0v) is 14.3. The van der Waals surface area contributed by atoms with Gasteiger partial charge in [-0.05, 0) is 51.7 Å². The van der Waals surface area contributed by atoms with Gasteiger partial charge in [0.05, 0.1) is 11.8 Å². The van der Waals surface area contributed by atoms with E-state index in [0.29, 0.717) is 11.6 Å². The van der Waals surface area contributed by atoms with Crippen LogP contribution < -0.4 is 10.6 Å². The summed E-state index contributed by atoms with van der Waals surface area (Å²) in [6.45, 7) is 4.09. The molecule has 2 aromatic heterocycles. The molecular formula is C18H25N5O. The molecule has 1 aliphatic carbocycles. The highest BCUT2D eigenvalue weighted by molar-refractivity contribution is 5.93. The van der Waals surface area contributed by atoms with Crippen LogP contribution in [-0.4, -0.2) is 32.8 Å². The first-order chi connectivity index (χ1) is 11.6. The predicted octanol–water partition coefficient (Wildman–Crippen LogP) is 3.01. The molecule has 0 atom stereocenters. The average Bonchev–Trinajstić information content (AvgIpc) is 3.08. The Labute approximate surface area is 142 Å². The van der Waals surface area contributed by atoms with Crippen molar-refractivity contribution in [3.8, 4) is 0 Å². The molecular weight excluding hydrogens is 302 g/mol. The van der Waals surface area contributed by atoms with Gasteiger partial charge in [0.15, 0.2) is 0 Å². The van der Waals surface area contributed by atoms with Crippen LogP contribution in [0.3, 0.4) is 0 Å². The van der Waals surface area contributed by atoms with E-state index in [1.54, 1.807) is 12.4 Å². The second-order valence-electron chi connectivity index (χ2n) is 6.68. The van der Waals surface area contributed by atoms with Gasteiger partial charge in [-0.1, -0.05) is 6.07 Å². The molecule has 1 fully saturated rings. The van der Waals surface area contributed by atoms with Gasteiger partial charge in [0.1, 0.15) is 5.82 Å². The van der Waals surface area contributed by atoms with Crippen molar-refractivity contribution in [2.24, 2.45) is 0 Å². The van der Waals surface area contributed by atoms with Crippen LogP contribution in [0.2, 0.25) is 0 Å². The van der Waals surface area contributed by atoms with Crippen molar-refractivity contribution in [3.05, 3.63) is 42.4 Å². The number of nitrogens with zero attached hydrogens (tertiary/aromatic N) is 3. The number of rotatable bonds is 5. The monoisotopic (exact) mass is 327 g/mol. The fourth-order valence-electron chi connectivity index (χ4n) is 3.05. The Morgan fingerprint density at radius 1 is 1.21 bits per heavy atom. The minimum atomic E-state index is -0.0250. The molecule has 0 bridgehead atoms. The van der Waals surface area contributed by atoms with Crippen LogP contribution in [0.4, 0.5) is 5.82 Å². The number of hydrogen-bond donors (Lipinski definition) is 2. The highest BCUT2D eigenvalue weighted by atomic mass is 16.1. The van der Waals surface area contributed by atoms with E-state index in [2.05, 4.69) is 20.7 Å². The van der Waals surface area contributed by atoms with Crippen LogP contribution >= 0.6 is 0 Å². The van der Waals surface area contributed by atoms with Gasteiger partial charge in [0.25, 0.3) is 5.91 Å². The van der Waals surface area contributed by atoms with Crippen molar-refractivity contribution in [1.29, 1.82) is 0 Å². The van der Waals surface area contributed by atoms with Crippen LogP contribution in [0.15, 0.2) is 36.8 Å². The normalized spacial score (nSPS) is 20.8. The topological polar surface area (TPSA) is 71.8 Å². The molecule has 0 spiro atoms. The van der Waals surface area contributed by atoms with Crippen molar-refractivity contribution in [2.45, 2.75) is 57.7 Å². The number of hydrogen-bond acceptors (Lipinski definition) is 4. The second kappa shape index (κ2) is 7.47. The van der Waals surface area contributed by atoms with E-state index < -0.39 is 0 Å². The maximum Gasteiger partial charge on any atom is 0.254 e. The Balaban J connectivity index is 1.47. The van der Waals surface area contributed by atoms with E-state index >= 15 is 0 Å². The van der Waals surface area contributed by atoms with Gasteiger partial charge in [-0.2, -0.15) is 5.10 Å². The lowest BCUT2D eigenvalue weighted by Crippen LogP contribution is -2.40. The zero-order valence-electron chi connectivity index (χ0n) is 14.3. The molecule has 6 nitrogen and oxygen atoms in total. The number of aromatic nitrogens is 3. The number of anilines is 1. The minimum absolute atomic E-state index is 0.0250. The van der Waals surface area contributed by atoms with E-state index in [0.717, 1.165) is 31.5 Å². The first kappa shape index (κ1) is 16.5. The van der Waals surface area contributed by atoms with Crippen LogP contribution in [0.25, 0.3) is 0 Å². The van der Waals surface area contributed by atoms with E-state index in [9.17, 15) is 4.79 Å². The molecule has 3 rings (SSSR count). The molecule has 2 N–H and O–H groups in total. The third-order valence-corrected chi connectivity index (χ3v) is 4.47. The number of nitrogens with one attached hydrogen (secondary N) is 2. The highest BCUT2D eigenvalue weighted by Gasteiger charge is 2.23. The highest BCUT2D eigenvalue weighted by Crippen LogP contribution is 2.22. The summed E-state index contributed by atoms with van der Waals surface area (Å²) in [7, 11) is 0. The molecule has 2 aromatic rings. The minimum Gasteiger partial charge on any atom is -0.367 e. The average molecular weight is 327 g/mol. The van der Waals surface area contributed by atoms with Gasteiger partial charge in [-0.25, -0.2) is 4.98 Å². The van der Waals surface area contributed by atoms with Gasteiger partial charge in [0.2, 0.25) is 0 Å². The molecule has 1 amide bonds. The summed E-state index contributed by atoms with van der Waals surface area (Å²) >= 11 is 0. The van der Waals surface area contributed by atoms with Gasteiger partial charge in [-0.15, -0.1) is 0 Å². The van der Waals surface area contributed by atoms with Crippen molar-refractivity contribution >= 4 is 11.7 Å². The Morgan fingerprint density at radius 3 is 2.58 bits per heavy atom. The predicted molar refractivity (Wildman–Crippen MR) is 94.0 cm³/mol. The molecule has 1 aliphatic rings. The lowest BCUT2D eigenvalue weighted by molar-refractivity contribution is 0.0926. The fourth-order valence-corrected chi connectivity index (χ4v) is 3.05. The molecule has 0 unspecified atom stereocenters. The third kappa shape index (κ3) is 4.13. The van der Waals surface area contributed by atoms with E-state index in [1.165, 1.54) is 0 Å². The first-order valence-corrected chi connectivity index (χ1v) is 8.64. The Kier molecular flexibility index (Phi) is 5.13. The summed E-state index contributed by atoms with van der Waals surface area (Å²) in [5, 5.41) is 10.8. The quantitative estimate of drug-likeness (QED) is 0.885. The van der Waals surface area contributed by atoms with Crippen molar-refractivity contribution in [1.82, 2.24) is 20.1 Å². The Morgan fingerprint density at radius 2 is 1.96 bits per heavy atom. The molecule has 0 aromatic carbocycles. The fraction of sp³-hybridized carbons (Fsp3) is 0.500. The smallest absolute Gasteiger partial charge is 0.254 e. The van der Waals surface area contributed by atoms with E-state index in [1.807, 2.05) is 42.9 Å². The summed E-state index contributed by atoms with van der Waals surface area (Å²) in [5.41, 5.74) is 0.637.